The molecule has 1 heterocycles. The fourth-order valence-electron chi connectivity index (χ4n) is 1.10. The number of phenols is 1. The Morgan fingerprint density at radius 3 is 2.85 bits per heavy atom. The fraction of sp³-hybridized carbons (Fsp3) is 0. The Labute approximate surface area is 83.8 Å². The topological polar surface area (TPSA) is 38.0 Å². The Morgan fingerprint density at radius 2 is 2.23 bits per heavy atom. The van der Waals surface area contributed by atoms with Gasteiger partial charge in [0.25, 0.3) is 0 Å². The number of rotatable bonds is 1. The molecular formula is C9H7BrN2O. The third-order valence-corrected chi connectivity index (χ3v) is 2.18. The Bertz CT molecular complexity index is 412. The molecule has 0 spiro atoms. The first kappa shape index (κ1) is 8.31. The lowest BCUT2D eigenvalue weighted by Crippen LogP contribution is -1.93. The maximum absolute atomic E-state index is 9.57. The van der Waals surface area contributed by atoms with Crippen molar-refractivity contribution in [3.8, 4) is 11.4 Å². The molecule has 4 heteroatoms. The van der Waals surface area contributed by atoms with E-state index in [0.29, 0.717) is 5.69 Å². The van der Waals surface area contributed by atoms with Gasteiger partial charge in [0, 0.05) is 16.9 Å². The van der Waals surface area contributed by atoms with Crippen molar-refractivity contribution in [2.45, 2.75) is 0 Å². The van der Waals surface area contributed by atoms with E-state index in [1.165, 1.54) is 0 Å². The fourth-order valence-corrected chi connectivity index (χ4v) is 1.45. The summed E-state index contributed by atoms with van der Waals surface area (Å²) in [5.41, 5.74) is 0.674. The SMILES string of the molecule is Oc1cc(Br)ccc1-n1cccn1. The van der Waals surface area contributed by atoms with Gasteiger partial charge < -0.3 is 5.11 Å². The van der Waals surface area contributed by atoms with Crippen molar-refractivity contribution >= 4 is 15.9 Å². The van der Waals surface area contributed by atoms with Gasteiger partial charge in [-0.2, -0.15) is 5.10 Å². The zero-order chi connectivity index (χ0) is 9.26. The van der Waals surface area contributed by atoms with Crippen LogP contribution in [0.1, 0.15) is 0 Å². The number of aromatic hydroxyl groups is 1. The second-order valence-electron chi connectivity index (χ2n) is 2.58. The smallest absolute Gasteiger partial charge is 0.142 e. The van der Waals surface area contributed by atoms with Crippen LogP contribution in [0.3, 0.4) is 0 Å². The lowest BCUT2D eigenvalue weighted by atomic mass is 10.3. The molecular weight excluding hydrogens is 232 g/mol. The average Bonchev–Trinajstić information content (AvgIpc) is 2.56. The van der Waals surface area contributed by atoms with E-state index in [1.807, 2.05) is 12.1 Å². The van der Waals surface area contributed by atoms with Crippen LogP contribution in [-0.4, -0.2) is 14.9 Å². The third kappa shape index (κ3) is 1.58. The van der Waals surface area contributed by atoms with Crippen molar-refractivity contribution in [2.75, 3.05) is 0 Å². The molecule has 0 atom stereocenters. The van der Waals surface area contributed by atoms with Gasteiger partial charge in [0.15, 0.2) is 0 Å². The zero-order valence-corrected chi connectivity index (χ0v) is 8.27. The molecule has 0 aliphatic carbocycles. The van der Waals surface area contributed by atoms with E-state index < -0.39 is 0 Å². The molecule has 0 amide bonds. The van der Waals surface area contributed by atoms with Crippen LogP contribution in [0.4, 0.5) is 0 Å². The predicted octanol–water partition coefficient (Wildman–Crippen LogP) is 2.34. The minimum absolute atomic E-state index is 0.207. The van der Waals surface area contributed by atoms with E-state index in [4.69, 9.17) is 0 Å². The Morgan fingerprint density at radius 1 is 1.38 bits per heavy atom. The number of halogens is 1. The van der Waals surface area contributed by atoms with Crippen LogP contribution in [0.5, 0.6) is 5.75 Å². The van der Waals surface area contributed by atoms with Crippen LogP contribution in [-0.2, 0) is 0 Å². The van der Waals surface area contributed by atoms with Crippen LogP contribution < -0.4 is 0 Å². The molecule has 0 radical (unpaired) electrons. The molecule has 3 nitrogen and oxygen atoms in total. The summed E-state index contributed by atoms with van der Waals surface area (Å²) < 4.78 is 2.46. The number of nitrogens with zero attached hydrogens (tertiary/aromatic N) is 2. The Hall–Kier alpha value is -1.29. The molecule has 0 unspecified atom stereocenters. The van der Waals surface area contributed by atoms with Crippen molar-refractivity contribution in [1.29, 1.82) is 0 Å². The molecule has 0 aliphatic rings. The second-order valence-corrected chi connectivity index (χ2v) is 3.50. The van der Waals surface area contributed by atoms with Gasteiger partial charge >= 0.3 is 0 Å². The van der Waals surface area contributed by atoms with Gasteiger partial charge in [-0.1, -0.05) is 15.9 Å². The molecule has 1 aromatic carbocycles. The molecule has 66 valence electrons. The first-order chi connectivity index (χ1) is 6.27. The molecule has 13 heavy (non-hydrogen) atoms. The van der Waals surface area contributed by atoms with Crippen molar-refractivity contribution in [1.82, 2.24) is 9.78 Å². The predicted molar refractivity (Wildman–Crippen MR) is 52.9 cm³/mol. The largest absolute Gasteiger partial charge is 0.506 e. The monoisotopic (exact) mass is 238 g/mol. The standard InChI is InChI=1S/C9H7BrN2O/c10-7-2-3-8(9(13)6-7)12-5-1-4-11-12/h1-6,13H. The molecule has 0 bridgehead atoms. The van der Waals surface area contributed by atoms with Gasteiger partial charge in [-0.3, -0.25) is 0 Å². The van der Waals surface area contributed by atoms with Crippen LogP contribution in [0, 0.1) is 0 Å². The summed E-state index contributed by atoms with van der Waals surface area (Å²) in [5, 5.41) is 13.6. The zero-order valence-electron chi connectivity index (χ0n) is 6.68. The summed E-state index contributed by atoms with van der Waals surface area (Å²) in [6, 6.07) is 7.10. The van der Waals surface area contributed by atoms with E-state index in [2.05, 4.69) is 21.0 Å². The Kier molecular flexibility index (Phi) is 2.06. The van der Waals surface area contributed by atoms with Crippen LogP contribution in [0.2, 0.25) is 0 Å². The van der Waals surface area contributed by atoms with Crippen molar-refractivity contribution in [2.24, 2.45) is 0 Å². The number of hydrogen-bond acceptors (Lipinski definition) is 2. The normalized spacial score (nSPS) is 10.2. The highest BCUT2D eigenvalue weighted by atomic mass is 79.9. The molecule has 0 fully saturated rings. The van der Waals surface area contributed by atoms with E-state index in [9.17, 15) is 5.11 Å². The quantitative estimate of drug-likeness (QED) is 0.829. The first-order valence-electron chi connectivity index (χ1n) is 3.76. The molecule has 0 saturated carbocycles. The summed E-state index contributed by atoms with van der Waals surface area (Å²) in [6.45, 7) is 0. The van der Waals surface area contributed by atoms with Crippen molar-refractivity contribution in [3.63, 3.8) is 0 Å². The lowest BCUT2D eigenvalue weighted by Gasteiger charge is -2.03. The minimum Gasteiger partial charge on any atom is -0.506 e. The molecule has 2 aromatic rings. The highest BCUT2D eigenvalue weighted by Crippen LogP contribution is 2.24. The molecule has 2 rings (SSSR count). The van der Waals surface area contributed by atoms with E-state index in [1.54, 1.807) is 29.2 Å². The van der Waals surface area contributed by atoms with Gasteiger partial charge in [0.05, 0.1) is 0 Å². The minimum atomic E-state index is 0.207. The number of benzene rings is 1. The maximum atomic E-state index is 9.57. The van der Waals surface area contributed by atoms with Crippen LogP contribution >= 0.6 is 15.9 Å². The summed E-state index contributed by atoms with van der Waals surface area (Å²) in [7, 11) is 0. The number of hydrogen-bond donors (Lipinski definition) is 1. The van der Waals surface area contributed by atoms with Gasteiger partial charge in [-0.15, -0.1) is 0 Å². The highest BCUT2D eigenvalue weighted by molar-refractivity contribution is 9.10. The third-order valence-electron chi connectivity index (χ3n) is 1.69. The van der Waals surface area contributed by atoms with Crippen LogP contribution in [0.15, 0.2) is 41.1 Å². The molecule has 1 aromatic heterocycles. The summed E-state index contributed by atoms with van der Waals surface area (Å²) in [5.74, 6) is 0.207. The molecule has 0 aliphatic heterocycles. The van der Waals surface area contributed by atoms with Crippen LogP contribution in [0.25, 0.3) is 5.69 Å². The van der Waals surface area contributed by atoms with E-state index >= 15 is 0 Å². The molecule has 0 saturated heterocycles. The first-order valence-corrected chi connectivity index (χ1v) is 4.55. The highest BCUT2D eigenvalue weighted by Gasteiger charge is 2.02. The van der Waals surface area contributed by atoms with Crippen molar-refractivity contribution < 1.29 is 5.11 Å². The van der Waals surface area contributed by atoms with Gasteiger partial charge in [0.1, 0.15) is 11.4 Å². The summed E-state index contributed by atoms with van der Waals surface area (Å²) in [6.07, 6.45) is 3.45. The lowest BCUT2D eigenvalue weighted by molar-refractivity contribution is 0.470. The second kappa shape index (κ2) is 3.22. The van der Waals surface area contributed by atoms with E-state index in [0.717, 1.165) is 4.47 Å². The van der Waals surface area contributed by atoms with Gasteiger partial charge in [-0.05, 0) is 24.3 Å². The Balaban J connectivity index is 2.53. The summed E-state index contributed by atoms with van der Waals surface area (Å²) >= 11 is 3.27. The number of aromatic nitrogens is 2. The van der Waals surface area contributed by atoms with Gasteiger partial charge in [0.2, 0.25) is 0 Å². The van der Waals surface area contributed by atoms with E-state index in [-0.39, 0.29) is 5.75 Å². The average molecular weight is 239 g/mol. The van der Waals surface area contributed by atoms with Gasteiger partial charge in [-0.25, -0.2) is 4.68 Å². The summed E-state index contributed by atoms with van der Waals surface area (Å²) in [4.78, 5) is 0. The molecule has 1 N–H and O–H groups in total. The number of phenolic OH excluding ortho intramolecular Hbond substituents is 1. The maximum Gasteiger partial charge on any atom is 0.142 e. The van der Waals surface area contributed by atoms with Crippen molar-refractivity contribution in [3.05, 3.63) is 41.1 Å².